The van der Waals surface area contributed by atoms with E-state index >= 15 is 0 Å². The third-order valence-electron chi connectivity index (χ3n) is 3.27. The number of nitrogens with zero attached hydrogens (tertiary/aromatic N) is 2. The monoisotopic (exact) mass is 288 g/mol. The first-order valence-corrected chi connectivity index (χ1v) is 7.22. The molecule has 0 saturated carbocycles. The lowest BCUT2D eigenvalue weighted by Gasteiger charge is -2.07. The number of carbonyl (C=O) groups excluding carboxylic acids is 2. The molecule has 0 radical (unpaired) electrons. The quantitative estimate of drug-likeness (QED) is 0.728. The number of unbranched alkanes of at least 4 members (excludes halogenated alkanes) is 1. The number of nitrogens with one attached hydrogen (secondary N) is 2. The van der Waals surface area contributed by atoms with E-state index in [0.29, 0.717) is 13.0 Å². The fourth-order valence-corrected chi connectivity index (χ4v) is 2.13. The SMILES string of the molecule is CCCCC(=O)C(=O)CCNc1cc(C)nc2cn[nH]c12. The minimum absolute atomic E-state index is 0.208. The molecule has 0 aromatic carbocycles. The molecule has 0 amide bonds. The fourth-order valence-electron chi connectivity index (χ4n) is 2.13. The number of aromatic amines is 1. The number of aryl methyl sites for hydroxylation is 1. The number of aromatic nitrogens is 3. The van der Waals surface area contributed by atoms with Crippen LogP contribution in [-0.4, -0.2) is 33.3 Å². The largest absolute Gasteiger partial charge is 0.383 e. The van der Waals surface area contributed by atoms with Gasteiger partial charge >= 0.3 is 0 Å². The highest BCUT2D eigenvalue weighted by molar-refractivity contribution is 6.37. The molecule has 0 saturated heterocycles. The Hall–Kier alpha value is -2.24. The van der Waals surface area contributed by atoms with E-state index in [1.54, 1.807) is 6.20 Å². The molecule has 6 nitrogen and oxygen atoms in total. The molecule has 2 rings (SSSR count). The van der Waals surface area contributed by atoms with Gasteiger partial charge in [0.1, 0.15) is 11.0 Å². The average molecular weight is 288 g/mol. The van der Waals surface area contributed by atoms with Crippen molar-refractivity contribution in [2.24, 2.45) is 0 Å². The van der Waals surface area contributed by atoms with E-state index in [1.165, 1.54) is 0 Å². The summed E-state index contributed by atoms with van der Waals surface area (Å²) < 4.78 is 0. The minimum Gasteiger partial charge on any atom is -0.383 e. The normalized spacial score (nSPS) is 10.8. The molecule has 6 heteroatoms. The number of hydrogen-bond donors (Lipinski definition) is 2. The van der Waals surface area contributed by atoms with Crippen molar-refractivity contribution in [2.45, 2.75) is 39.5 Å². The number of rotatable bonds is 8. The Balaban J connectivity index is 1.92. The highest BCUT2D eigenvalue weighted by Crippen LogP contribution is 2.20. The van der Waals surface area contributed by atoms with Crippen molar-refractivity contribution in [1.82, 2.24) is 15.2 Å². The first kappa shape index (κ1) is 15.2. The molecule has 0 fully saturated rings. The Morgan fingerprint density at radius 3 is 2.81 bits per heavy atom. The standard InChI is InChI=1S/C15H20N4O2/c1-3-4-5-13(20)14(21)6-7-16-11-8-10(2)18-12-9-17-19-15(11)12/h8-9H,3-7H2,1-2H3,(H,16,18)(H,17,19). The summed E-state index contributed by atoms with van der Waals surface area (Å²) in [6, 6.07) is 1.89. The Kier molecular flexibility index (Phi) is 5.03. The molecule has 0 unspecified atom stereocenters. The number of hydrogen-bond acceptors (Lipinski definition) is 5. The lowest BCUT2D eigenvalue weighted by atomic mass is 10.1. The van der Waals surface area contributed by atoms with Gasteiger partial charge in [-0.05, 0) is 19.4 Å². The van der Waals surface area contributed by atoms with Crippen molar-refractivity contribution in [3.63, 3.8) is 0 Å². The average Bonchev–Trinajstić information content (AvgIpc) is 2.92. The maximum absolute atomic E-state index is 11.7. The van der Waals surface area contributed by atoms with E-state index < -0.39 is 0 Å². The topological polar surface area (TPSA) is 87.7 Å². The number of fused-ring (bicyclic) bond motifs is 1. The van der Waals surface area contributed by atoms with Crippen LogP contribution >= 0.6 is 0 Å². The predicted molar refractivity (Wildman–Crippen MR) is 81.3 cm³/mol. The number of ketones is 2. The van der Waals surface area contributed by atoms with Gasteiger partial charge < -0.3 is 5.32 Å². The van der Waals surface area contributed by atoms with E-state index in [-0.39, 0.29) is 18.0 Å². The van der Waals surface area contributed by atoms with Crippen LogP contribution in [-0.2, 0) is 9.59 Å². The summed E-state index contributed by atoms with van der Waals surface area (Å²) in [5.41, 5.74) is 3.31. The molecular weight excluding hydrogens is 268 g/mol. The first-order valence-electron chi connectivity index (χ1n) is 7.22. The Labute approximate surface area is 123 Å². The number of carbonyl (C=O) groups is 2. The predicted octanol–water partition coefficient (Wildman–Crippen LogP) is 2.40. The smallest absolute Gasteiger partial charge is 0.200 e. The van der Waals surface area contributed by atoms with Gasteiger partial charge in [0.15, 0.2) is 11.6 Å². The highest BCUT2D eigenvalue weighted by atomic mass is 16.2. The van der Waals surface area contributed by atoms with E-state index in [4.69, 9.17) is 0 Å². The van der Waals surface area contributed by atoms with Crippen LogP contribution in [0, 0.1) is 6.92 Å². The number of pyridine rings is 1. The number of Topliss-reactive ketones (excluding diaryl/α,β-unsaturated/α-hetero) is 2. The summed E-state index contributed by atoms with van der Waals surface area (Å²) in [6.45, 7) is 4.33. The van der Waals surface area contributed by atoms with Crippen molar-refractivity contribution in [2.75, 3.05) is 11.9 Å². The summed E-state index contributed by atoms with van der Waals surface area (Å²) in [5, 5.41) is 10.0. The van der Waals surface area contributed by atoms with Gasteiger partial charge in [-0.1, -0.05) is 13.3 Å². The van der Waals surface area contributed by atoms with Gasteiger partial charge in [-0.3, -0.25) is 14.7 Å². The maximum atomic E-state index is 11.7. The molecule has 2 heterocycles. The second kappa shape index (κ2) is 6.97. The summed E-state index contributed by atoms with van der Waals surface area (Å²) >= 11 is 0. The van der Waals surface area contributed by atoms with Gasteiger partial charge in [0.25, 0.3) is 0 Å². The number of anilines is 1. The second-order valence-electron chi connectivity index (χ2n) is 5.07. The van der Waals surface area contributed by atoms with Crippen LogP contribution in [0.1, 0.15) is 38.3 Å². The summed E-state index contributed by atoms with van der Waals surface area (Å²) in [6.07, 6.45) is 3.92. The van der Waals surface area contributed by atoms with Gasteiger partial charge in [-0.2, -0.15) is 5.10 Å². The van der Waals surface area contributed by atoms with Gasteiger partial charge in [0, 0.05) is 25.1 Å². The molecule has 2 aromatic heterocycles. The molecule has 2 N–H and O–H groups in total. The third kappa shape index (κ3) is 3.87. The van der Waals surface area contributed by atoms with E-state index in [2.05, 4.69) is 20.5 Å². The van der Waals surface area contributed by atoms with Crippen LogP contribution in [0.15, 0.2) is 12.3 Å². The maximum Gasteiger partial charge on any atom is 0.200 e. The van der Waals surface area contributed by atoms with E-state index in [9.17, 15) is 9.59 Å². The molecule has 0 spiro atoms. The fraction of sp³-hybridized carbons (Fsp3) is 0.467. The molecule has 0 atom stereocenters. The molecule has 0 bridgehead atoms. The van der Waals surface area contributed by atoms with Crippen molar-refractivity contribution in [1.29, 1.82) is 0 Å². The molecule has 112 valence electrons. The number of H-pyrrole nitrogens is 1. The lowest BCUT2D eigenvalue weighted by molar-refractivity contribution is -0.136. The zero-order chi connectivity index (χ0) is 15.2. The van der Waals surface area contributed by atoms with Crippen molar-refractivity contribution >= 4 is 28.3 Å². The second-order valence-corrected chi connectivity index (χ2v) is 5.07. The molecule has 21 heavy (non-hydrogen) atoms. The van der Waals surface area contributed by atoms with Crippen molar-refractivity contribution in [3.05, 3.63) is 18.0 Å². The summed E-state index contributed by atoms with van der Waals surface area (Å²) in [4.78, 5) is 27.6. The van der Waals surface area contributed by atoms with Crippen molar-refractivity contribution < 1.29 is 9.59 Å². The first-order chi connectivity index (χ1) is 10.1. The zero-order valence-corrected chi connectivity index (χ0v) is 12.4. The Morgan fingerprint density at radius 2 is 2.05 bits per heavy atom. The highest BCUT2D eigenvalue weighted by Gasteiger charge is 2.13. The molecular formula is C15H20N4O2. The van der Waals surface area contributed by atoms with Crippen LogP contribution in [0.4, 0.5) is 5.69 Å². The van der Waals surface area contributed by atoms with E-state index in [0.717, 1.165) is 35.3 Å². The van der Waals surface area contributed by atoms with Gasteiger partial charge in [0.05, 0.1) is 11.9 Å². The third-order valence-corrected chi connectivity index (χ3v) is 3.27. The van der Waals surface area contributed by atoms with Crippen LogP contribution < -0.4 is 5.32 Å². The van der Waals surface area contributed by atoms with Crippen LogP contribution in [0.25, 0.3) is 11.0 Å². The van der Waals surface area contributed by atoms with Crippen molar-refractivity contribution in [3.8, 4) is 0 Å². The molecule has 2 aromatic rings. The molecule has 0 aliphatic carbocycles. The zero-order valence-electron chi connectivity index (χ0n) is 12.4. The van der Waals surface area contributed by atoms with E-state index in [1.807, 2.05) is 19.9 Å². The van der Waals surface area contributed by atoms with Gasteiger partial charge in [-0.25, -0.2) is 4.98 Å². The minimum atomic E-state index is -0.303. The molecule has 0 aliphatic heterocycles. The summed E-state index contributed by atoms with van der Waals surface area (Å²) in [5.74, 6) is -0.571. The molecule has 0 aliphatic rings. The van der Waals surface area contributed by atoms with Crippen LogP contribution in [0.2, 0.25) is 0 Å². The van der Waals surface area contributed by atoms with Crippen LogP contribution in [0.5, 0.6) is 0 Å². The Bertz CT molecular complexity index is 648. The van der Waals surface area contributed by atoms with Crippen LogP contribution in [0.3, 0.4) is 0 Å². The Morgan fingerprint density at radius 1 is 1.29 bits per heavy atom. The van der Waals surface area contributed by atoms with Gasteiger partial charge in [0.2, 0.25) is 0 Å². The summed E-state index contributed by atoms with van der Waals surface area (Å²) in [7, 11) is 0. The van der Waals surface area contributed by atoms with Gasteiger partial charge in [-0.15, -0.1) is 0 Å². The lowest BCUT2D eigenvalue weighted by Crippen LogP contribution is -2.17.